The zero-order valence-electron chi connectivity index (χ0n) is 5.72. The molecule has 0 amide bonds. The Bertz CT molecular complexity index is 188. The third kappa shape index (κ3) is 1.26. The standard InChI is InChI=1S/C6H9NO2S/c1-9-6(8)4-2-10-3-5(4)7/h2-3,7H2,1H3. The summed E-state index contributed by atoms with van der Waals surface area (Å²) in [6.45, 7) is 0. The molecule has 0 saturated carbocycles. The highest BCUT2D eigenvalue weighted by Crippen LogP contribution is 2.21. The minimum Gasteiger partial charge on any atom is -0.466 e. The van der Waals surface area contributed by atoms with Crippen LogP contribution in [0.5, 0.6) is 0 Å². The highest BCUT2D eigenvalue weighted by Gasteiger charge is 2.19. The summed E-state index contributed by atoms with van der Waals surface area (Å²) in [4.78, 5) is 10.9. The van der Waals surface area contributed by atoms with Gasteiger partial charge in [0.15, 0.2) is 0 Å². The van der Waals surface area contributed by atoms with E-state index in [1.165, 1.54) is 7.11 Å². The second-order valence-electron chi connectivity index (χ2n) is 1.99. The van der Waals surface area contributed by atoms with Crippen molar-refractivity contribution in [2.45, 2.75) is 0 Å². The van der Waals surface area contributed by atoms with E-state index in [-0.39, 0.29) is 5.97 Å². The van der Waals surface area contributed by atoms with Crippen molar-refractivity contribution in [3.05, 3.63) is 11.3 Å². The molecule has 0 aromatic rings. The van der Waals surface area contributed by atoms with Gasteiger partial charge >= 0.3 is 5.97 Å². The first-order valence-electron chi connectivity index (χ1n) is 2.89. The van der Waals surface area contributed by atoms with Crippen molar-refractivity contribution in [2.75, 3.05) is 18.6 Å². The van der Waals surface area contributed by atoms with Crippen molar-refractivity contribution in [1.29, 1.82) is 0 Å². The fourth-order valence-electron chi connectivity index (χ4n) is 0.756. The molecule has 0 spiro atoms. The maximum absolute atomic E-state index is 10.9. The van der Waals surface area contributed by atoms with Crippen LogP contribution in [-0.4, -0.2) is 24.6 Å². The minimum atomic E-state index is -0.289. The molecule has 1 aliphatic rings. The van der Waals surface area contributed by atoms with Crippen LogP contribution in [0.15, 0.2) is 11.3 Å². The van der Waals surface area contributed by atoms with Gasteiger partial charge in [0, 0.05) is 17.2 Å². The summed E-state index contributed by atoms with van der Waals surface area (Å²) >= 11 is 1.63. The van der Waals surface area contributed by atoms with Gasteiger partial charge in [-0.2, -0.15) is 11.8 Å². The van der Waals surface area contributed by atoms with Gasteiger partial charge in [-0.25, -0.2) is 4.79 Å². The number of hydrogen-bond donors (Lipinski definition) is 1. The van der Waals surface area contributed by atoms with E-state index in [0.29, 0.717) is 17.0 Å². The normalized spacial score (nSPS) is 17.7. The highest BCUT2D eigenvalue weighted by molar-refractivity contribution is 7.99. The fourth-order valence-corrected chi connectivity index (χ4v) is 1.76. The highest BCUT2D eigenvalue weighted by atomic mass is 32.2. The van der Waals surface area contributed by atoms with Crippen LogP contribution in [0.1, 0.15) is 0 Å². The van der Waals surface area contributed by atoms with Crippen LogP contribution in [0.3, 0.4) is 0 Å². The Kier molecular flexibility index (Phi) is 2.21. The molecule has 3 nitrogen and oxygen atoms in total. The molecule has 1 rings (SSSR count). The van der Waals surface area contributed by atoms with E-state index in [1.54, 1.807) is 11.8 Å². The molecule has 56 valence electrons. The van der Waals surface area contributed by atoms with Crippen molar-refractivity contribution < 1.29 is 9.53 Å². The fraction of sp³-hybridized carbons (Fsp3) is 0.500. The number of rotatable bonds is 1. The summed E-state index contributed by atoms with van der Waals surface area (Å²) in [5, 5.41) is 0. The molecule has 0 saturated heterocycles. The second-order valence-corrected chi connectivity index (χ2v) is 2.97. The zero-order chi connectivity index (χ0) is 7.56. The van der Waals surface area contributed by atoms with Crippen LogP contribution >= 0.6 is 11.8 Å². The maximum atomic E-state index is 10.9. The summed E-state index contributed by atoms with van der Waals surface area (Å²) in [5.41, 5.74) is 6.81. The lowest BCUT2D eigenvalue weighted by Gasteiger charge is -1.98. The van der Waals surface area contributed by atoms with Gasteiger partial charge in [-0.05, 0) is 0 Å². The van der Waals surface area contributed by atoms with Crippen molar-refractivity contribution in [1.82, 2.24) is 0 Å². The number of esters is 1. The van der Waals surface area contributed by atoms with E-state index < -0.39 is 0 Å². The Morgan fingerprint density at radius 1 is 1.70 bits per heavy atom. The molecule has 2 N–H and O–H groups in total. The SMILES string of the molecule is COC(=O)C1=C(N)CSC1. The molecule has 1 aliphatic heterocycles. The van der Waals surface area contributed by atoms with E-state index in [4.69, 9.17) is 5.73 Å². The molecule has 0 unspecified atom stereocenters. The maximum Gasteiger partial charge on any atom is 0.336 e. The average molecular weight is 159 g/mol. The van der Waals surface area contributed by atoms with Crippen LogP contribution in [0.25, 0.3) is 0 Å². The van der Waals surface area contributed by atoms with Gasteiger partial charge < -0.3 is 10.5 Å². The summed E-state index contributed by atoms with van der Waals surface area (Å²) in [6, 6.07) is 0. The van der Waals surface area contributed by atoms with Gasteiger partial charge in [0.1, 0.15) is 0 Å². The number of thioether (sulfide) groups is 1. The molecular weight excluding hydrogens is 150 g/mol. The molecule has 0 fully saturated rings. The van der Waals surface area contributed by atoms with Gasteiger partial charge in [-0.15, -0.1) is 0 Å². The molecule has 1 heterocycles. The molecule has 0 bridgehead atoms. The number of nitrogens with two attached hydrogens (primary N) is 1. The Morgan fingerprint density at radius 3 is 2.80 bits per heavy atom. The number of methoxy groups -OCH3 is 1. The third-order valence-electron chi connectivity index (χ3n) is 1.32. The third-order valence-corrected chi connectivity index (χ3v) is 2.33. The molecular formula is C6H9NO2S. The van der Waals surface area contributed by atoms with Crippen LogP contribution in [0, 0.1) is 0 Å². The van der Waals surface area contributed by atoms with E-state index in [2.05, 4.69) is 4.74 Å². The molecule has 0 radical (unpaired) electrons. The van der Waals surface area contributed by atoms with Crippen LogP contribution in [0.2, 0.25) is 0 Å². The topological polar surface area (TPSA) is 52.3 Å². The summed E-state index contributed by atoms with van der Waals surface area (Å²) in [5.74, 6) is 1.16. The van der Waals surface area contributed by atoms with Crippen LogP contribution in [0.4, 0.5) is 0 Å². The quantitative estimate of drug-likeness (QED) is 0.552. The summed E-state index contributed by atoms with van der Waals surface area (Å²) in [7, 11) is 1.37. The van der Waals surface area contributed by atoms with E-state index in [9.17, 15) is 4.79 Å². The Morgan fingerprint density at radius 2 is 2.40 bits per heavy atom. The van der Waals surface area contributed by atoms with Crippen molar-refractivity contribution >= 4 is 17.7 Å². The lowest BCUT2D eigenvalue weighted by Crippen LogP contribution is -2.10. The molecule has 0 aromatic heterocycles. The van der Waals surface area contributed by atoms with Gasteiger partial charge in [0.25, 0.3) is 0 Å². The Hall–Kier alpha value is -0.640. The second kappa shape index (κ2) is 2.96. The van der Waals surface area contributed by atoms with E-state index >= 15 is 0 Å². The van der Waals surface area contributed by atoms with Gasteiger partial charge in [-0.3, -0.25) is 0 Å². The smallest absolute Gasteiger partial charge is 0.336 e. The van der Waals surface area contributed by atoms with Crippen molar-refractivity contribution in [2.24, 2.45) is 5.73 Å². The molecule has 10 heavy (non-hydrogen) atoms. The lowest BCUT2D eigenvalue weighted by molar-refractivity contribution is -0.136. The predicted molar refractivity (Wildman–Crippen MR) is 40.6 cm³/mol. The predicted octanol–water partition coefficient (Wildman–Crippen LogP) is 0.119. The lowest BCUT2D eigenvalue weighted by atomic mass is 10.2. The monoisotopic (exact) mass is 159 g/mol. The Balaban J connectivity index is 2.71. The number of carbonyl (C=O) groups excluding carboxylic acids is 1. The first-order chi connectivity index (χ1) is 4.75. The first kappa shape index (κ1) is 7.47. The Labute approximate surface area is 63.6 Å². The molecule has 0 aliphatic carbocycles. The number of hydrogen-bond acceptors (Lipinski definition) is 4. The van der Waals surface area contributed by atoms with Gasteiger partial charge in [0.05, 0.1) is 12.7 Å². The van der Waals surface area contributed by atoms with E-state index in [0.717, 1.165) is 5.75 Å². The zero-order valence-corrected chi connectivity index (χ0v) is 6.53. The van der Waals surface area contributed by atoms with Crippen LogP contribution < -0.4 is 5.73 Å². The van der Waals surface area contributed by atoms with Crippen molar-refractivity contribution in [3.63, 3.8) is 0 Å². The first-order valence-corrected chi connectivity index (χ1v) is 4.04. The molecule has 0 atom stereocenters. The summed E-state index contributed by atoms with van der Waals surface area (Å²) in [6.07, 6.45) is 0. The van der Waals surface area contributed by atoms with Crippen molar-refractivity contribution in [3.8, 4) is 0 Å². The van der Waals surface area contributed by atoms with E-state index in [1.807, 2.05) is 0 Å². The largest absolute Gasteiger partial charge is 0.466 e. The number of ether oxygens (including phenoxy) is 1. The molecule has 4 heteroatoms. The van der Waals surface area contributed by atoms with Crippen LogP contribution in [-0.2, 0) is 9.53 Å². The van der Waals surface area contributed by atoms with Gasteiger partial charge in [-0.1, -0.05) is 0 Å². The van der Waals surface area contributed by atoms with Gasteiger partial charge in [0.2, 0.25) is 0 Å². The summed E-state index contributed by atoms with van der Waals surface area (Å²) < 4.78 is 4.51. The molecule has 0 aromatic carbocycles. The minimum absolute atomic E-state index is 0.289. The number of carbonyl (C=O) groups is 1. The average Bonchev–Trinajstić information content (AvgIpc) is 2.34.